The lowest BCUT2D eigenvalue weighted by Crippen LogP contribution is -2.13. The van der Waals surface area contributed by atoms with E-state index in [0.717, 1.165) is 20.1 Å². The van der Waals surface area contributed by atoms with Crippen LogP contribution in [0.25, 0.3) is 11.2 Å². The number of benzene rings is 1. The van der Waals surface area contributed by atoms with Gasteiger partial charge in [0.1, 0.15) is 0 Å². The van der Waals surface area contributed by atoms with Gasteiger partial charge in [0, 0.05) is 20.8 Å². The van der Waals surface area contributed by atoms with Gasteiger partial charge in [-0.05, 0) is 46.3 Å². The number of anilines is 1. The Morgan fingerprint density at radius 2 is 2.00 bits per heavy atom. The van der Waals surface area contributed by atoms with Crippen molar-refractivity contribution in [2.45, 2.75) is 5.16 Å². The Morgan fingerprint density at radius 1 is 1.23 bits per heavy atom. The Kier molecular flexibility index (Phi) is 4.80. The molecule has 1 aromatic carbocycles. The number of carbonyl (C=O) groups is 1. The molecular weight excluding hydrogens is 432 g/mol. The molecule has 0 radical (unpaired) electrons. The lowest BCUT2D eigenvalue weighted by molar-refractivity contribution is -0.113. The summed E-state index contributed by atoms with van der Waals surface area (Å²) in [6.07, 6.45) is 1.69. The second-order valence-electron chi connectivity index (χ2n) is 4.41. The third kappa shape index (κ3) is 3.88. The number of hydrogen-bond acceptors (Lipinski definition) is 4. The second kappa shape index (κ2) is 6.80. The second-order valence-corrected chi connectivity index (χ2v) is 7.21. The quantitative estimate of drug-likeness (QED) is 0.594. The predicted molar refractivity (Wildman–Crippen MR) is 95.1 cm³/mol. The van der Waals surface area contributed by atoms with E-state index < -0.39 is 0 Å². The molecule has 0 fully saturated rings. The van der Waals surface area contributed by atoms with Crippen molar-refractivity contribution in [1.29, 1.82) is 0 Å². The average Bonchev–Trinajstić information content (AvgIpc) is 2.89. The van der Waals surface area contributed by atoms with Gasteiger partial charge in [-0.3, -0.25) is 4.79 Å². The topological polar surface area (TPSA) is 70.7 Å². The molecule has 2 aromatic heterocycles. The van der Waals surface area contributed by atoms with Crippen LogP contribution in [0, 0.1) is 0 Å². The van der Waals surface area contributed by atoms with Crippen LogP contribution in [0.3, 0.4) is 0 Å². The van der Waals surface area contributed by atoms with Crippen LogP contribution in [0.15, 0.2) is 50.6 Å². The Bertz CT molecular complexity index is 819. The van der Waals surface area contributed by atoms with Crippen LogP contribution >= 0.6 is 43.6 Å². The minimum Gasteiger partial charge on any atom is -0.331 e. The Hall–Kier alpha value is -1.38. The zero-order chi connectivity index (χ0) is 15.5. The molecule has 5 nitrogen and oxygen atoms in total. The van der Waals surface area contributed by atoms with Crippen LogP contribution in [-0.2, 0) is 4.79 Å². The van der Waals surface area contributed by atoms with Gasteiger partial charge in [-0.25, -0.2) is 9.97 Å². The molecule has 8 heteroatoms. The Balaban J connectivity index is 1.61. The zero-order valence-corrected chi connectivity index (χ0v) is 15.1. The summed E-state index contributed by atoms with van der Waals surface area (Å²) in [7, 11) is 0. The zero-order valence-electron chi connectivity index (χ0n) is 11.1. The van der Waals surface area contributed by atoms with Gasteiger partial charge in [-0.1, -0.05) is 27.7 Å². The molecule has 0 saturated carbocycles. The number of nitrogens with one attached hydrogen (secondary N) is 2. The van der Waals surface area contributed by atoms with Crippen molar-refractivity contribution in [3.05, 3.63) is 45.5 Å². The minimum atomic E-state index is -0.0816. The Morgan fingerprint density at radius 3 is 2.77 bits per heavy atom. The molecule has 0 spiro atoms. The summed E-state index contributed by atoms with van der Waals surface area (Å²) >= 11 is 8.06. The number of pyridine rings is 1. The molecule has 2 N–H and O–H groups in total. The molecule has 2 heterocycles. The molecule has 0 saturated heterocycles. The summed E-state index contributed by atoms with van der Waals surface area (Å²) in [5.74, 6) is 0.193. The monoisotopic (exact) mass is 440 g/mol. The van der Waals surface area contributed by atoms with E-state index in [1.807, 2.05) is 30.3 Å². The largest absolute Gasteiger partial charge is 0.331 e. The fourth-order valence-corrected chi connectivity index (χ4v) is 3.05. The van der Waals surface area contributed by atoms with E-state index in [2.05, 4.69) is 52.1 Å². The summed E-state index contributed by atoms with van der Waals surface area (Å²) in [6.45, 7) is 0. The fraction of sp³-hybridized carbons (Fsp3) is 0.0714. The van der Waals surface area contributed by atoms with Crippen LogP contribution in [0.5, 0.6) is 0 Å². The summed E-state index contributed by atoms with van der Waals surface area (Å²) in [4.78, 5) is 23.6. The predicted octanol–water partition coefficient (Wildman–Crippen LogP) is 4.21. The number of aromatic amines is 1. The number of amides is 1. The highest BCUT2D eigenvalue weighted by molar-refractivity contribution is 9.10. The molecule has 0 atom stereocenters. The molecule has 0 aliphatic heterocycles. The first kappa shape index (κ1) is 15.5. The van der Waals surface area contributed by atoms with Gasteiger partial charge in [-0.15, -0.1) is 0 Å². The van der Waals surface area contributed by atoms with E-state index in [4.69, 9.17) is 0 Å². The lowest BCUT2D eigenvalue weighted by atomic mass is 10.3. The van der Waals surface area contributed by atoms with Gasteiger partial charge in [0.15, 0.2) is 10.8 Å². The van der Waals surface area contributed by atoms with Crippen LogP contribution in [0.4, 0.5) is 5.69 Å². The molecule has 112 valence electrons. The normalized spacial score (nSPS) is 10.8. The summed E-state index contributed by atoms with van der Waals surface area (Å²) in [6, 6.07) is 9.35. The smallest absolute Gasteiger partial charge is 0.234 e. The van der Waals surface area contributed by atoms with E-state index in [1.165, 1.54) is 11.8 Å². The number of aromatic nitrogens is 3. The van der Waals surface area contributed by atoms with Gasteiger partial charge >= 0.3 is 0 Å². The van der Waals surface area contributed by atoms with E-state index >= 15 is 0 Å². The van der Waals surface area contributed by atoms with Crippen molar-refractivity contribution in [2.75, 3.05) is 11.1 Å². The maximum Gasteiger partial charge on any atom is 0.234 e. The van der Waals surface area contributed by atoms with Crippen LogP contribution in [0.1, 0.15) is 0 Å². The van der Waals surface area contributed by atoms with Crippen LogP contribution in [0.2, 0.25) is 0 Å². The molecule has 1 amide bonds. The first-order valence-electron chi connectivity index (χ1n) is 6.29. The fourth-order valence-electron chi connectivity index (χ4n) is 1.79. The minimum absolute atomic E-state index is 0.0816. The third-order valence-corrected chi connectivity index (χ3v) is 4.59. The van der Waals surface area contributed by atoms with Crippen molar-refractivity contribution >= 4 is 66.4 Å². The lowest BCUT2D eigenvalue weighted by Gasteiger charge is -2.04. The number of fused-ring (bicyclic) bond motifs is 1. The standard InChI is InChI=1S/C14H10Br2N4OS/c15-8-1-3-10(4-2-8)18-12(21)7-22-14-19-11-5-9(16)6-17-13(11)20-14/h1-6H,7H2,(H,18,21)(H,17,19,20). The van der Waals surface area contributed by atoms with E-state index in [9.17, 15) is 4.79 Å². The van der Waals surface area contributed by atoms with E-state index in [1.54, 1.807) is 6.20 Å². The summed E-state index contributed by atoms with van der Waals surface area (Å²) in [5, 5.41) is 3.51. The van der Waals surface area contributed by atoms with Crippen molar-refractivity contribution in [1.82, 2.24) is 15.0 Å². The highest BCUT2D eigenvalue weighted by atomic mass is 79.9. The number of carbonyl (C=O) groups excluding carboxylic acids is 1. The highest BCUT2D eigenvalue weighted by Crippen LogP contribution is 2.21. The number of imidazole rings is 1. The number of rotatable bonds is 4. The van der Waals surface area contributed by atoms with Crippen LogP contribution < -0.4 is 5.32 Å². The van der Waals surface area contributed by atoms with Gasteiger partial charge in [0.25, 0.3) is 0 Å². The molecule has 3 aromatic rings. The first-order chi connectivity index (χ1) is 10.6. The van der Waals surface area contributed by atoms with Crippen molar-refractivity contribution in [3.63, 3.8) is 0 Å². The maximum atomic E-state index is 11.9. The van der Waals surface area contributed by atoms with Gasteiger partial charge in [-0.2, -0.15) is 0 Å². The number of thioether (sulfide) groups is 1. The van der Waals surface area contributed by atoms with Crippen molar-refractivity contribution in [2.24, 2.45) is 0 Å². The SMILES string of the molecule is O=C(CSc1nc2ncc(Br)cc2[nH]1)Nc1ccc(Br)cc1. The van der Waals surface area contributed by atoms with Gasteiger partial charge in [0.05, 0.1) is 11.3 Å². The number of H-pyrrole nitrogens is 1. The third-order valence-electron chi connectivity index (χ3n) is 2.75. The Labute approximate surface area is 147 Å². The van der Waals surface area contributed by atoms with E-state index in [0.29, 0.717) is 10.8 Å². The van der Waals surface area contributed by atoms with Gasteiger partial charge in [0.2, 0.25) is 5.91 Å². The number of nitrogens with zero attached hydrogens (tertiary/aromatic N) is 2. The summed E-state index contributed by atoms with van der Waals surface area (Å²) < 4.78 is 1.86. The van der Waals surface area contributed by atoms with Crippen molar-refractivity contribution in [3.8, 4) is 0 Å². The average molecular weight is 442 g/mol. The number of hydrogen-bond donors (Lipinski definition) is 2. The molecule has 3 rings (SSSR count). The maximum absolute atomic E-state index is 11.9. The highest BCUT2D eigenvalue weighted by Gasteiger charge is 2.08. The number of halogens is 2. The van der Waals surface area contributed by atoms with Gasteiger partial charge < -0.3 is 10.3 Å². The summed E-state index contributed by atoms with van der Waals surface area (Å²) in [5.41, 5.74) is 2.24. The molecule has 0 aliphatic carbocycles. The van der Waals surface area contributed by atoms with Crippen LogP contribution in [-0.4, -0.2) is 26.6 Å². The molecular formula is C14H10Br2N4OS. The first-order valence-corrected chi connectivity index (χ1v) is 8.87. The van der Waals surface area contributed by atoms with Crippen molar-refractivity contribution < 1.29 is 4.79 Å². The molecule has 22 heavy (non-hydrogen) atoms. The molecule has 0 unspecified atom stereocenters. The molecule has 0 aliphatic rings. The molecule has 0 bridgehead atoms. The van der Waals surface area contributed by atoms with E-state index in [-0.39, 0.29) is 11.7 Å².